The predicted molar refractivity (Wildman–Crippen MR) is 102 cm³/mol. The van der Waals surface area contributed by atoms with Crippen LogP contribution in [0.5, 0.6) is 5.75 Å². The fourth-order valence-electron chi connectivity index (χ4n) is 2.56. The molecule has 1 aromatic heterocycles. The summed E-state index contributed by atoms with van der Waals surface area (Å²) in [5.74, 6) is 0.968. The van der Waals surface area contributed by atoms with Gasteiger partial charge in [0.15, 0.2) is 0 Å². The summed E-state index contributed by atoms with van der Waals surface area (Å²) < 4.78 is 6.41. The molecule has 0 spiro atoms. The normalized spacial score (nSPS) is 12.1. The third-order valence-corrected chi connectivity index (χ3v) is 4.68. The quantitative estimate of drug-likeness (QED) is 0.592. The van der Waals surface area contributed by atoms with E-state index in [9.17, 15) is 0 Å². The van der Waals surface area contributed by atoms with Crippen LogP contribution in [0.25, 0.3) is 10.8 Å². The first-order valence-corrected chi connectivity index (χ1v) is 8.44. The molecule has 2 nitrogen and oxygen atoms in total. The van der Waals surface area contributed by atoms with Gasteiger partial charge in [0.25, 0.3) is 0 Å². The minimum atomic E-state index is 0. The van der Waals surface area contributed by atoms with Crippen LogP contribution in [0.3, 0.4) is 0 Å². The van der Waals surface area contributed by atoms with E-state index in [1.54, 1.807) is 11.3 Å². The van der Waals surface area contributed by atoms with Gasteiger partial charge in [0, 0.05) is 23.2 Å². The summed E-state index contributed by atoms with van der Waals surface area (Å²) in [6, 6.07) is 18.9. The van der Waals surface area contributed by atoms with E-state index >= 15 is 0 Å². The van der Waals surface area contributed by atoms with Gasteiger partial charge in [-0.1, -0.05) is 42.5 Å². The van der Waals surface area contributed by atoms with E-state index in [1.807, 2.05) is 0 Å². The Labute approximate surface area is 148 Å². The van der Waals surface area contributed by atoms with Crippen molar-refractivity contribution in [2.24, 2.45) is 0 Å². The van der Waals surface area contributed by atoms with Crippen LogP contribution in [0.1, 0.15) is 17.4 Å². The molecule has 0 N–H and O–H groups in total. The Bertz CT molecular complexity index is 722. The lowest BCUT2D eigenvalue weighted by atomic mass is 10.1. The number of hydrogen-bond donors (Lipinski definition) is 0. The molecule has 0 saturated heterocycles. The third-order valence-electron chi connectivity index (χ3n) is 3.72. The van der Waals surface area contributed by atoms with Crippen molar-refractivity contribution in [2.75, 3.05) is 20.6 Å². The lowest BCUT2D eigenvalue weighted by molar-refractivity contribution is 0.185. The Morgan fingerprint density at radius 2 is 1.78 bits per heavy atom. The Hall–Kier alpha value is -1.55. The number of rotatable bonds is 6. The lowest BCUT2D eigenvalue weighted by Crippen LogP contribution is -2.18. The molecule has 122 valence electrons. The molecule has 0 bridgehead atoms. The van der Waals surface area contributed by atoms with Gasteiger partial charge in [0.05, 0.1) is 0 Å². The number of thiophene rings is 1. The largest absolute Gasteiger partial charge is 0.484 e. The van der Waals surface area contributed by atoms with E-state index in [0.717, 1.165) is 18.7 Å². The molecule has 0 saturated carbocycles. The van der Waals surface area contributed by atoms with Gasteiger partial charge in [-0.2, -0.15) is 0 Å². The molecule has 0 aliphatic rings. The van der Waals surface area contributed by atoms with Gasteiger partial charge in [0.1, 0.15) is 11.9 Å². The number of halogens is 1. The molecule has 0 unspecified atom stereocenters. The van der Waals surface area contributed by atoms with Gasteiger partial charge in [-0.05, 0) is 37.0 Å². The molecular weight excluding hydrogens is 326 g/mol. The zero-order valence-corrected chi connectivity index (χ0v) is 15.1. The number of ether oxygens (including phenoxy) is 1. The van der Waals surface area contributed by atoms with Crippen molar-refractivity contribution in [3.63, 3.8) is 0 Å². The van der Waals surface area contributed by atoms with Crippen molar-refractivity contribution < 1.29 is 4.74 Å². The van der Waals surface area contributed by atoms with E-state index in [0.29, 0.717) is 0 Å². The maximum atomic E-state index is 6.41. The average Bonchev–Trinajstić information content (AvgIpc) is 3.05. The Kier molecular flexibility index (Phi) is 6.46. The summed E-state index contributed by atoms with van der Waals surface area (Å²) in [5.41, 5.74) is 0. The molecule has 0 aliphatic heterocycles. The molecule has 3 rings (SSSR count). The molecule has 0 radical (unpaired) electrons. The number of benzene rings is 2. The van der Waals surface area contributed by atoms with E-state index in [4.69, 9.17) is 4.74 Å². The fraction of sp³-hybridized carbons (Fsp3) is 0.263. The van der Waals surface area contributed by atoms with Crippen LogP contribution in [-0.2, 0) is 0 Å². The molecule has 0 fully saturated rings. The predicted octanol–water partition coefficient (Wildman–Crippen LogP) is 5.39. The second-order valence-electron chi connectivity index (χ2n) is 5.69. The van der Waals surface area contributed by atoms with Crippen LogP contribution in [0.4, 0.5) is 0 Å². The van der Waals surface area contributed by atoms with Gasteiger partial charge in [-0.15, -0.1) is 23.7 Å². The maximum absolute atomic E-state index is 6.41. The lowest BCUT2D eigenvalue weighted by Gasteiger charge is -2.21. The molecule has 0 aliphatic carbocycles. The highest BCUT2D eigenvalue weighted by Gasteiger charge is 2.16. The molecule has 4 heteroatoms. The first-order chi connectivity index (χ1) is 10.7. The highest BCUT2D eigenvalue weighted by molar-refractivity contribution is 7.10. The summed E-state index contributed by atoms with van der Waals surface area (Å²) in [6.45, 7) is 1.01. The number of fused-ring (bicyclic) bond motifs is 1. The van der Waals surface area contributed by atoms with Crippen LogP contribution >= 0.6 is 23.7 Å². The average molecular weight is 348 g/mol. The van der Waals surface area contributed by atoms with E-state index in [1.165, 1.54) is 15.6 Å². The Morgan fingerprint density at radius 1 is 1.00 bits per heavy atom. The summed E-state index contributed by atoms with van der Waals surface area (Å²) in [5, 5.41) is 4.51. The van der Waals surface area contributed by atoms with Crippen molar-refractivity contribution >= 4 is 34.5 Å². The van der Waals surface area contributed by atoms with Gasteiger partial charge in [-0.3, -0.25) is 0 Å². The molecule has 1 heterocycles. The second kappa shape index (κ2) is 8.34. The van der Waals surface area contributed by atoms with Gasteiger partial charge < -0.3 is 9.64 Å². The summed E-state index contributed by atoms with van der Waals surface area (Å²) >= 11 is 1.76. The van der Waals surface area contributed by atoms with Crippen LogP contribution in [0.2, 0.25) is 0 Å². The van der Waals surface area contributed by atoms with E-state index in [2.05, 4.69) is 79.0 Å². The Balaban J connectivity index is 0.00000192. The van der Waals surface area contributed by atoms with Crippen molar-refractivity contribution in [3.05, 3.63) is 64.9 Å². The SMILES string of the molecule is CN(C)CC[C@H](Oc1cccc2ccccc12)c1cccs1.Cl. The van der Waals surface area contributed by atoms with Crippen molar-refractivity contribution in [1.82, 2.24) is 4.90 Å². The van der Waals surface area contributed by atoms with Crippen LogP contribution in [0.15, 0.2) is 60.0 Å². The van der Waals surface area contributed by atoms with Crippen LogP contribution < -0.4 is 4.74 Å². The summed E-state index contributed by atoms with van der Waals surface area (Å²) in [7, 11) is 4.20. The van der Waals surface area contributed by atoms with Crippen molar-refractivity contribution in [1.29, 1.82) is 0 Å². The minimum Gasteiger partial charge on any atom is -0.484 e. The molecule has 0 amide bonds. The van der Waals surface area contributed by atoms with E-state index < -0.39 is 0 Å². The monoisotopic (exact) mass is 347 g/mol. The number of nitrogens with zero attached hydrogens (tertiary/aromatic N) is 1. The highest BCUT2D eigenvalue weighted by atomic mass is 35.5. The molecule has 23 heavy (non-hydrogen) atoms. The first-order valence-electron chi connectivity index (χ1n) is 7.56. The topological polar surface area (TPSA) is 12.5 Å². The van der Waals surface area contributed by atoms with Crippen LogP contribution in [-0.4, -0.2) is 25.5 Å². The smallest absolute Gasteiger partial charge is 0.134 e. The van der Waals surface area contributed by atoms with Crippen LogP contribution in [0, 0.1) is 0 Å². The summed E-state index contributed by atoms with van der Waals surface area (Å²) in [6.07, 6.45) is 1.09. The maximum Gasteiger partial charge on any atom is 0.134 e. The Morgan fingerprint density at radius 3 is 2.52 bits per heavy atom. The molecule has 2 aromatic carbocycles. The fourth-order valence-corrected chi connectivity index (χ4v) is 3.35. The zero-order valence-electron chi connectivity index (χ0n) is 13.4. The van der Waals surface area contributed by atoms with E-state index in [-0.39, 0.29) is 18.5 Å². The highest BCUT2D eigenvalue weighted by Crippen LogP contribution is 2.32. The second-order valence-corrected chi connectivity index (χ2v) is 6.67. The third kappa shape index (κ3) is 4.47. The minimum absolute atomic E-state index is 0. The van der Waals surface area contributed by atoms with Gasteiger partial charge in [-0.25, -0.2) is 0 Å². The summed E-state index contributed by atoms with van der Waals surface area (Å²) in [4.78, 5) is 3.49. The van der Waals surface area contributed by atoms with Crippen molar-refractivity contribution in [3.8, 4) is 5.75 Å². The van der Waals surface area contributed by atoms with Crippen molar-refractivity contribution in [2.45, 2.75) is 12.5 Å². The zero-order chi connectivity index (χ0) is 15.4. The molecular formula is C19H22ClNOS. The number of hydrogen-bond acceptors (Lipinski definition) is 3. The standard InChI is InChI=1S/C19H21NOS.ClH/c1-20(2)13-12-18(19-11-6-14-22-19)21-17-10-5-8-15-7-3-4-9-16(15)17;/h3-11,14,18H,12-13H2,1-2H3;1H/t18-;/m0./s1. The molecule has 1 atom stereocenters. The molecule has 3 aromatic rings. The van der Waals surface area contributed by atoms with Gasteiger partial charge >= 0.3 is 0 Å². The van der Waals surface area contributed by atoms with Gasteiger partial charge in [0.2, 0.25) is 0 Å². The first kappa shape index (κ1) is 17.8.